The number of nitrogens with zero attached hydrogens (tertiary/aromatic N) is 1. The first-order valence-electron chi connectivity index (χ1n) is 7.72. The lowest BCUT2D eigenvalue weighted by Crippen LogP contribution is -2.48. The Morgan fingerprint density at radius 2 is 2.11 bits per heavy atom. The zero-order chi connectivity index (χ0) is 13.0. The molecule has 2 aliphatic heterocycles. The maximum Gasteiger partial charge on any atom is 0.0612 e. The molecule has 0 amide bonds. The molecule has 3 heteroatoms. The van der Waals surface area contributed by atoms with E-state index >= 15 is 0 Å². The Balaban J connectivity index is 1.72. The molecule has 0 bridgehead atoms. The lowest BCUT2D eigenvalue weighted by molar-refractivity contribution is -0.0253. The summed E-state index contributed by atoms with van der Waals surface area (Å²) < 4.78 is 5.83. The molecule has 0 spiro atoms. The third-order valence-electron chi connectivity index (χ3n) is 4.62. The molecule has 106 valence electrons. The first-order valence-corrected chi connectivity index (χ1v) is 7.72. The molecule has 0 saturated carbocycles. The van der Waals surface area contributed by atoms with Gasteiger partial charge in [0.2, 0.25) is 0 Å². The fraction of sp³-hybridized carbons (Fsp3) is 1.00. The largest absolute Gasteiger partial charge is 0.378 e. The number of likely N-dealkylation sites (N-methyl/N-ethyl adjacent to an activating group) is 1. The summed E-state index contributed by atoms with van der Waals surface area (Å²) in [6.07, 6.45) is 6.97. The Hall–Kier alpha value is -0.120. The summed E-state index contributed by atoms with van der Waals surface area (Å²) in [7, 11) is 2.27. The summed E-state index contributed by atoms with van der Waals surface area (Å²) in [5, 5.41) is 3.78. The number of nitrogens with one attached hydrogen (secondary N) is 1. The van der Waals surface area contributed by atoms with Gasteiger partial charge in [0.1, 0.15) is 0 Å². The van der Waals surface area contributed by atoms with Gasteiger partial charge in [0.25, 0.3) is 0 Å². The van der Waals surface area contributed by atoms with Crippen molar-refractivity contribution < 1.29 is 4.74 Å². The number of likely N-dealkylation sites (tertiary alicyclic amines) is 1. The van der Waals surface area contributed by atoms with Crippen molar-refractivity contribution in [2.75, 3.05) is 26.7 Å². The van der Waals surface area contributed by atoms with Crippen LogP contribution in [0.3, 0.4) is 0 Å². The molecule has 0 aromatic heterocycles. The van der Waals surface area contributed by atoms with Crippen molar-refractivity contribution in [3.63, 3.8) is 0 Å². The Labute approximate surface area is 112 Å². The number of hydrogen-bond donors (Lipinski definition) is 1. The third-order valence-corrected chi connectivity index (χ3v) is 4.62. The topological polar surface area (TPSA) is 24.5 Å². The highest BCUT2D eigenvalue weighted by Crippen LogP contribution is 2.21. The first-order chi connectivity index (χ1) is 8.66. The van der Waals surface area contributed by atoms with Gasteiger partial charge in [-0.25, -0.2) is 0 Å². The summed E-state index contributed by atoms with van der Waals surface area (Å²) in [6.45, 7) is 7.89. The second kappa shape index (κ2) is 6.88. The Morgan fingerprint density at radius 3 is 2.83 bits per heavy atom. The van der Waals surface area contributed by atoms with Crippen LogP contribution in [0.5, 0.6) is 0 Å². The lowest BCUT2D eigenvalue weighted by Gasteiger charge is -2.36. The van der Waals surface area contributed by atoms with E-state index in [1.807, 2.05) is 0 Å². The molecule has 3 unspecified atom stereocenters. The lowest BCUT2D eigenvalue weighted by atomic mass is 9.95. The molecule has 0 radical (unpaired) electrons. The average Bonchev–Trinajstić information content (AvgIpc) is 2.38. The van der Waals surface area contributed by atoms with Gasteiger partial charge >= 0.3 is 0 Å². The zero-order valence-corrected chi connectivity index (χ0v) is 12.3. The molecule has 0 aromatic rings. The second-order valence-electron chi connectivity index (χ2n) is 6.41. The van der Waals surface area contributed by atoms with Crippen molar-refractivity contribution in [1.82, 2.24) is 10.2 Å². The van der Waals surface area contributed by atoms with Crippen molar-refractivity contribution in [2.45, 2.75) is 64.1 Å². The van der Waals surface area contributed by atoms with Gasteiger partial charge in [0.05, 0.1) is 6.10 Å². The molecule has 2 aliphatic rings. The van der Waals surface area contributed by atoms with Crippen LogP contribution in [0, 0.1) is 5.92 Å². The molecule has 1 N–H and O–H groups in total. The highest BCUT2D eigenvalue weighted by Gasteiger charge is 2.26. The van der Waals surface area contributed by atoms with Crippen LogP contribution in [-0.4, -0.2) is 49.8 Å². The van der Waals surface area contributed by atoms with E-state index in [1.165, 1.54) is 38.6 Å². The van der Waals surface area contributed by atoms with Gasteiger partial charge in [0.15, 0.2) is 0 Å². The van der Waals surface area contributed by atoms with Crippen LogP contribution in [0.4, 0.5) is 0 Å². The molecule has 3 nitrogen and oxygen atoms in total. The molecule has 0 aliphatic carbocycles. The van der Waals surface area contributed by atoms with E-state index in [-0.39, 0.29) is 0 Å². The van der Waals surface area contributed by atoms with Gasteiger partial charge < -0.3 is 15.0 Å². The normalized spacial score (nSPS) is 35.0. The summed E-state index contributed by atoms with van der Waals surface area (Å²) in [5.74, 6) is 0.645. The van der Waals surface area contributed by atoms with Gasteiger partial charge in [-0.3, -0.25) is 0 Å². The second-order valence-corrected chi connectivity index (χ2v) is 6.41. The van der Waals surface area contributed by atoms with E-state index in [0.29, 0.717) is 18.1 Å². The number of piperidine rings is 1. The third kappa shape index (κ3) is 3.94. The van der Waals surface area contributed by atoms with Crippen LogP contribution in [0.1, 0.15) is 46.0 Å². The molecule has 2 rings (SSSR count). The molecule has 18 heavy (non-hydrogen) atoms. The van der Waals surface area contributed by atoms with Crippen molar-refractivity contribution >= 4 is 0 Å². The van der Waals surface area contributed by atoms with Crippen LogP contribution in [0.15, 0.2) is 0 Å². The van der Waals surface area contributed by atoms with Gasteiger partial charge in [-0.15, -0.1) is 0 Å². The predicted octanol–water partition coefficient (Wildman–Crippen LogP) is 2.26. The standard InChI is InChI=1S/C15H30N2O/c1-12(2)15-10-13(7-9-18-15)16-11-14-6-4-5-8-17(14)3/h12-16H,4-11H2,1-3H3. The number of ether oxygens (including phenoxy) is 1. The Morgan fingerprint density at radius 1 is 1.28 bits per heavy atom. The number of rotatable bonds is 4. The highest BCUT2D eigenvalue weighted by molar-refractivity contribution is 4.82. The average molecular weight is 254 g/mol. The maximum atomic E-state index is 5.83. The van der Waals surface area contributed by atoms with E-state index in [1.54, 1.807) is 0 Å². The van der Waals surface area contributed by atoms with E-state index in [9.17, 15) is 0 Å². The summed E-state index contributed by atoms with van der Waals surface area (Å²) in [5.41, 5.74) is 0. The summed E-state index contributed by atoms with van der Waals surface area (Å²) >= 11 is 0. The summed E-state index contributed by atoms with van der Waals surface area (Å²) in [4.78, 5) is 2.52. The minimum atomic E-state index is 0.459. The fourth-order valence-electron chi connectivity index (χ4n) is 3.18. The van der Waals surface area contributed by atoms with Gasteiger partial charge in [-0.2, -0.15) is 0 Å². The van der Waals surface area contributed by atoms with Crippen LogP contribution in [-0.2, 0) is 4.74 Å². The highest BCUT2D eigenvalue weighted by atomic mass is 16.5. The fourth-order valence-corrected chi connectivity index (χ4v) is 3.18. The first kappa shape index (κ1) is 14.3. The van der Waals surface area contributed by atoms with E-state index in [4.69, 9.17) is 4.74 Å². The van der Waals surface area contributed by atoms with Crippen LogP contribution in [0.2, 0.25) is 0 Å². The van der Waals surface area contributed by atoms with Crippen molar-refractivity contribution in [3.05, 3.63) is 0 Å². The molecular weight excluding hydrogens is 224 g/mol. The molecule has 2 saturated heterocycles. The van der Waals surface area contributed by atoms with Crippen molar-refractivity contribution in [1.29, 1.82) is 0 Å². The maximum absolute atomic E-state index is 5.83. The van der Waals surface area contributed by atoms with Crippen molar-refractivity contribution in [2.24, 2.45) is 5.92 Å². The SMILES string of the molecule is CC(C)C1CC(NCC2CCCCN2C)CCO1. The number of hydrogen-bond acceptors (Lipinski definition) is 3. The van der Waals surface area contributed by atoms with E-state index in [0.717, 1.165) is 19.2 Å². The minimum absolute atomic E-state index is 0.459. The minimum Gasteiger partial charge on any atom is -0.378 e. The molecular formula is C15H30N2O. The zero-order valence-electron chi connectivity index (χ0n) is 12.3. The monoisotopic (exact) mass is 254 g/mol. The molecule has 3 atom stereocenters. The van der Waals surface area contributed by atoms with Gasteiger partial charge in [0, 0.05) is 25.2 Å². The Bertz CT molecular complexity index is 245. The van der Waals surface area contributed by atoms with Crippen LogP contribution >= 0.6 is 0 Å². The van der Waals surface area contributed by atoms with Gasteiger partial charge in [-0.05, 0) is 45.2 Å². The Kier molecular flexibility index (Phi) is 5.46. The smallest absolute Gasteiger partial charge is 0.0612 e. The van der Waals surface area contributed by atoms with Gasteiger partial charge in [-0.1, -0.05) is 20.3 Å². The van der Waals surface area contributed by atoms with E-state index in [2.05, 4.69) is 31.1 Å². The molecule has 0 aromatic carbocycles. The van der Waals surface area contributed by atoms with Crippen LogP contribution in [0.25, 0.3) is 0 Å². The van der Waals surface area contributed by atoms with Crippen LogP contribution < -0.4 is 5.32 Å². The van der Waals surface area contributed by atoms with E-state index < -0.39 is 0 Å². The predicted molar refractivity (Wildman–Crippen MR) is 75.9 cm³/mol. The quantitative estimate of drug-likeness (QED) is 0.833. The molecule has 2 fully saturated rings. The summed E-state index contributed by atoms with van der Waals surface area (Å²) in [6, 6.07) is 1.42. The van der Waals surface area contributed by atoms with Crippen molar-refractivity contribution in [3.8, 4) is 0 Å². The molecule has 2 heterocycles.